The number of hydrogen-bond acceptors (Lipinski definition) is 8. The van der Waals surface area contributed by atoms with Crippen LogP contribution in [-0.4, -0.2) is 101 Å². The molecule has 8 nitrogen and oxygen atoms in total. The van der Waals surface area contributed by atoms with Gasteiger partial charge in [0.25, 0.3) is 0 Å². The molecule has 69 heavy (non-hydrogen) atoms. The standard InChI is InChI=1S/C30H33NO3.C29H33NO3.2CH4/c1-19-9-10-21-15-23-28-11-12-30(26-29(28,13-14-31(23)3)24(21)25(19)34-26)22(17-28)27(2,32-18-33-30)16-20-7-5-4-6-8-20;1-18-9-10-20-15-22-27-11-12-29(32,21(17-27)26(2,31)16-19-7-5-4-6-8-19)25-28(27,13-14-30(22)3)23(20)24(18)33-25;;/h4-12,22-23,26H,13-18H2,1-3H3;4-12,21-22,25,31-32H,13-17H2,1-3H3;2*1H4/t22-,23-,26-,27+,28-,29+,30-;21-,22-,25-,26+,27-,28+,29-;;/m11../s1. The number of ether oxygens (including phenoxy) is 4. The number of aliphatic hydroxyl groups is 2. The van der Waals surface area contributed by atoms with Crippen molar-refractivity contribution in [1.29, 1.82) is 0 Å². The molecule has 0 radical (unpaired) electrons. The van der Waals surface area contributed by atoms with Crippen molar-refractivity contribution < 1.29 is 29.2 Å². The van der Waals surface area contributed by atoms with Crippen LogP contribution in [0.4, 0.5) is 0 Å². The molecule has 5 spiro atoms. The maximum Gasteiger partial charge on any atom is 0.148 e. The van der Waals surface area contributed by atoms with Crippen LogP contribution in [0.25, 0.3) is 0 Å². The van der Waals surface area contributed by atoms with Crippen LogP contribution in [0.3, 0.4) is 0 Å². The second-order valence-corrected chi connectivity index (χ2v) is 23.7. The molecule has 5 fully saturated rings. The highest BCUT2D eigenvalue weighted by atomic mass is 16.7. The summed E-state index contributed by atoms with van der Waals surface area (Å²) < 4.78 is 27.3. The lowest BCUT2D eigenvalue weighted by molar-refractivity contribution is -0.337. The Balaban J connectivity index is 0.000000139. The third-order valence-corrected chi connectivity index (χ3v) is 20.9. The van der Waals surface area contributed by atoms with Crippen molar-refractivity contribution in [2.24, 2.45) is 22.7 Å². The fourth-order valence-corrected chi connectivity index (χ4v) is 18.1. The van der Waals surface area contributed by atoms with Crippen LogP contribution in [0.5, 0.6) is 11.5 Å². The number of aryl methyl sites for hydroxylation is 2. The summed E-state index contributed by atoms with van der Waals surface area (Å²) in [6, 6.07) is 30.9. The Morgan fingerprint density at radius 2 is 1.20 bits per heavy atom. The monoisotopic (exact) mass is 931 g/mol. The minimum Gasteiger partial charge on any atom is -0.485 e. The highest BCUT2D eigenvalue weighted by Gasteiger charge is 2.82. The Bertz CT molecular complexity index is 2810. The quantitative estimate of drug-likeness (QED) is 0.192. The summed E-state index contributed by atoms with van der Waals surface area (Å²) in [6.45, 7) is 11.0. The number of likely N-dealkylation sites (N-methyl/N-ethyl adjacent to an activating group) is 2. The first-order valence-electron chi connectivity index (χ1n) is 25.4. The second-order valence-electron chi connectivity index (χ2n) is 23.7. The molecule has 8 aliphatic carbocycles. The molecule has 5 heterocycles. The van der Waals surface area contributed by atoms with E-state index in [1.807, 2.05) is 31.2 Å². The van der Waals surface area contributed by atoms with Crippen LogP contribution >= 0.6 is 0 Å². The number of rotatable bonds is 5. The van der Waals surface area contributed by atoms with Crippen LogP contribution in [-0.2, 0) is 46.0 Å². The summed E-state index contributed by atoms with van der Waals surface area (Å²) in [5.41, 5.74) is 7.25. The fraction of sp³-hybridized carbons (Fsp3) is 0.541. The van der Waals surface area contributed by atoms with Crippen LogP contribution in [0, 0.1) is 36.5 Å². The van der Waals surface area contributed by atoms with Gasteiger partial charge < -0.3 is 39.0 Å². The topological polar surface area (TPSA) is 83.9 Å². The van der Waals surface area contributed by atoms with Crippen molar-refractivity contribution in [2.45, 2.75) is 151 Å². The molecule has 4 aromatic carbocycles. The van der Waals surface area contributed by atoms with E-state index in [0.717, 1.165) is 80.7 Å². The maximum atomic E-state index is 12.4. The van der Waals surface area contributed by atoms with Gasteiger partial charge in [0, 0.05) is 58.7 Å². The predicted molar refractivity (Wildman–Crippen MR) is 271 cm³/mol. The first-order valence-corrected chi connectivity index (χ1v) is 25.4. The molecular formula is C61H74N2O6. The Labute approximate surface area is 410 Å². The second kappa shape index (κ2) is 14.7. The molecule has 13 aliphatic rings. The molecule has 17 rings (SSSR count). The van der Waals surface area contributed by atoms with Crippen molar-refractivity contribution in [3.63, 3.8) is 0 Å². The Morgan fingerprint density at radius 1 is 0.667 bits per heavy atom. The lowest BCUT2D eigenvalue weighted by atomic mass is 9.36. The predicted octanol–water partition coefficient (Wildman–Crippen LogP) is 9.40. The zero-order valence-electron chi connectivity index (χ0n) is 40.1. The number of likely N-dealkylation sites (tertiary alicyclic amines) is 2. The van der Waals surface area contributed by atoms with Crippen LogP contribution in [0.1, 0.15) is 98.9 Å². The van der Waals surface area contributed by atoms with Gasteiger partial charge in [0.15, 0.2) is 0 Å². The third kappa shape index (κ3) is 5.31. The molecular weight excluding hydrogens is 857 g/mol. The lowest BCUT2D eigenvalue weighted by Crippen LogP contribution is -2.82. The minimum atomic E-state index is -1.21. The largest absolute Gasteiger partial charge is 0.485 e. The molecule has 2 saturated carbocycles. The molecule has 0 unspecified atom stereocenters. The SMILES string of the molecule is C.C.Cc1ccc2c3c1O[C@H]1[C@@]4(O)C=C[C@@]5(C[C@@H]4[C@@](C)(O)Cc4ccccc4)[C@@H](C2)N(C)CC[C@]315.Cc1ccc2c3c1O[C@H]1[C@@]45C=C[C@@]6(C[C@@H]4[C@](C)(Cc4ccccc4)OCO5)[C@@H](C2)N(C)CC[C@]316. The van der Waals surface area contributed by atoms with E-state index in [2.05, 4.69) is 130 Å². The normalized spacial score (nSPS) is 42.0. The molecule has 364 valence electrons. The van der Waals surface area contributed by atoms with E-state index in [0.29, 0.717) is 25.3 Å². The Morgan fingerprint density at radius 3 is 1.81 bits per heavy atom. The first kappa shape index (κ1) is 45.8. The van der Waals surface area contributed by atoms with Gasteiger partial charge in [-0.2, -0.15) is 0 Å². The first-order chi connectivity index (χ1) is 32.2. The zero-order chi connectivity index (χ0) is 45.7. The molecule has 5 aliphatic heterocycles. The van der Waals surface area contributed by atoms with Gasteiger partial charge in [-0.05, 0) is 127 Å². The summed E-state index contributed by atoms with van der Waals surface area (Å²) in [4.78, 5) is 5.15. The third-order valence-electron chi connectivity index (χ3n) is 20.9. The zero-order valence-corrected chi connectivity index (χ0v) is 40.1. The van der Waals surface area contributed by atoms with Crippen molar-refractivity contribution in [3.8, 4) is 11.5 Å². The number of hydrogen-bond donors (Lipinski definition) is 2. The number of fused-ring (bicyclic) bond motifs is 1. The van der Waals surface area contributed by atoms with Crippen molar-refractivity contribution in [1.82, 2.24) is 9.80 Å². The maximum absolute atomic E-state index is 12.4. The summed E-state index contributed by atoms with van der Waals surface area (Å²) in [7, 11) is 4.58. The van der Waals surface area contributed by atoms with Gasteiger partial charge in [0.05, 0.1) is 22.0 Å². The van der Waals surface area contributed by atoms with Crippen molar-refractivity contribution >= 4 is 0 Å². The summed E-state index contributed by atoms with van der Waals surface area (Å²) in [5, 5.41) is 24.4. The van der Waals surface area contributed by atoms with Gasteiger partial charge in [-0.25, -0.2) is 0 Å². The molecule has 14 atom stereocenters. The lowest BCUT2D eigenvalue weighted by Gasteiger charge is -2.73. The van der Waals surface area contributed by atoms with E-state index in [-0.39, 0.29) is 66.2 Å². The van der Waals surface area contributed by atoms with Gasteiger partial charge >= 0.3 is 0 Å². The van der Waals surface area contributed by atoms with Crippen LogP contribution in [0.2, 0.25) is 0 Å². The van der Waals surface area contributed by atoms with E-state index in [1.165, 1.54) is 33.4 Å². The average molecular weight is 931 g/mol. The van der Waals surface area contributed by atoms with Gasteiger partial charge in [-0.1, -0.05) is 124 Å². The van der Waals surface area contributed by atoms with Gasteiger partial charge in [0.1, 0.15) is 41.7 Å². The molecule has 2 N–H and O–H groups in total. The van der Waals surface area contributed by atoms with E-state index >= 15 is 0 Å². The number of nitrogens with zero attached hydrogens (tertiary/aromatic N) is 2. The van der Waals surface area contributed by atoms with Crippen LogP contribution in [0.15, 0.2) is 109 Å². The highest BCUT2D eigenvalue weighted by molar-refractivity contribution is 5.65. The van der Waals surface area contributed by atoms with Crippen molar-refractivity contribution in [2.75, 3.05) is 34.0 Å². The fourth-order valence-electron chi connectivity index (χ4n) is 18.1. The highest BCUT2D eigenvalue weighted by Crippen LogP contribution is 2.77. The van der Waals surface area contributed by atoms with Crippen molar-refractivity contribution in [3.05, 3.63) is 154 Å². The number of benzene rings is 4. The van der Waals surface area contributed by atoms with Gasteiger partial charge in [-0.15, -0.1) is 0 Å². The molecule has 8 heteroatoms. The smallest absolute Gasteiger partial charge is 0.148 e. The molecule has 8 bridgehead atoms. The molecule has 3 saturated heterocycles. The minimum absolute atomic E-state index is 0. The van der Waals surface area contributed by atoms with E-state index < -0.39 is 16.8 Å². The van der Waals surface area contributed by atoms with E-state index in [4.69, 9.17) is 18.9 Å². The van der Waals surface area contributed by atoms with E-state index in [9.17, 15) is 10.2 Å². The van der Waals surface area contributed by atoms with E-state index in [1.54, 1.807) is 0 Å². The van der Waals surface area contributed by atoms with Gasteiger partial charge in [0.2, 0.25) is 0 Å². The number of piperidine rings is 2. The molecule has 0 aromatic heterocycles. The summed E-state index contributed by atoms with van der Waals surface area (Å²) in [5.74, 6) is 2.08. The average Bonchev–Trinajstić information content (AvgIpc) is 3.89. The Kier molecular flexibility index (Phi) is 9.74. The van der Waals surface area contributed by atoms with Crippen LogP contribution < -0.4 is 9.47 Å². The summed E-state index contributed by atoms with van der Waals surface area (Å²) in [6.07, 6.45) is 16.5. The van der Waals surface area contributed by atoms with Gasteiger partial charge in [-0.3, -0.25) is 0 Å². The molecule has 4 aromatic rings. The Hall–Kier alpha value is -4.28. The molecule has 0 amide bonds. The summed E-state index contributed by atoms with van der Waals surface area (Å²) >= 11 is 0.